The van der Waals surface area contributed by atoms with Crippen LogP contribution in [0, 0.1) is 9.54 Å². The molecular weight excluding hydrogens is 511 g/mol. The Balaban J connectivity index is 1.36. The maximum atomic E-state index is 5.93. The minimum atomic E-state index is 0.442. The molecule has 0 unspecified atom stereocenters. The van der Waals surface area contributed by atoms with E-state index in [2.05, 4.69) is 30.6 Å². The van der Waals surface area contributed by atoms with Gasteiger partial charge >= 0.3 is 0 Å². The highest BCUT2D eigenvalue weighted by Gasteiger charge is 2.08. The molecule has 0 radical (unpaired) electrons. The Morgan fingerprint density at radius 2 is 1.09 bits per heavy atom. The summed E-state index contributed by atoms with van der Waals surface area (Å²) in [5.74, 6) is 1.52. The molecule has 0 spiro atoms. The molecule has 0 aliphatic carbocycles. The Labute approximate surface area is 216 Å². The molecule has 174 valence electrons. The maximum absolute atomic E-state index is 5.93. The smallest absolute Gasteiger partial charge is 0.216 e. The number of hydrogen-bond donors (Lipinski definition) is 2. The molecule has 2 heterocycles. The molecule has 0 bridgehead atoms. The van der Waals surface area contributed by atoms with Crippen molar-refractivity contribution in [1.29, 1.82) is 0 Å². The van der Waals surface area contributed by atoms with E-state index in [1.54, 1.807) is 21.8 Å². The van der Waals surface area contributed by atoms with Gasteiger partial charge in [0.15, 0.2) is 11.6 Å². The van der Waals surface area contributed by atoms with Crippen molar-refractivity contribution < 1.29 is 0 Å². The summed E-state index contributed by atoms with van der Waals surface area (Å²) in [6, 6.07) is 14.8. The van der Waals surface area contributed by atoms with Crippen molar-refractivity contribution >= 4 is 60.1 Å². The van der Waals surface area contributed by atoms with Crippen molar-refractivity contribution in [2.24, 2.45) is 10.2 Å². The van der Waals surface area contributed by atoms with E-state index in [-0.39, 0.29) is 0 Å². The van der Waals surface area contributed by atoms with Crippen LogP contribution in [0.25, 0.3) is 0 Å². The molecule has 2 aromatic carbocycles. The molecule has 2 N–H and O–H groups in total. The number of halogens is 2. The van der Waals surface area contributed by atoms with Gasteiger partial charge in [0.2, 0.25) is 9.54 Å². The van der Waals surface area contributed by atoms with Crippen molar-refractivity contribution in [2.45, 2.75) is 25.7 Å². The molecule has 0 atom stereocenters. The largest absolute Gasteiger partial charge is 0.250 e. The molecule has 2 aromatic heterocycles. The highest BCUT2D eigenvalue weighted by molar-refractivity contribution is 7.71. The minimum Gasteiger partial charge on any atom is -0.250 e. The monoisotopic (exact) mass is 530 g/mol. The summed E-state index contributed by atoms with van der Waals surface area (Å²) in [4.78, 5) is 0. The van der Waals surface area contributed by atoms with Crippen LogP contribution in [0.1, 0.15) is 35.6 Å². The number of aromatic nitrogens is 6. The molecule has 12 heteroatoms. The molecule has 0 aliphatic rings. The summed E-state index contributed by atoms with van der Waals surface area (Å²) >= 11 is 22.5. The Hall–Kier alpha value is -2.92. The van der Waals surface area contributed by atoms with Crippen LogP contribution in [0.5, 0.6) is 0 Å². The number of aryl methyl sites for hydroxylation is 2. The Morgan fingerprint density at radius 1 is 0.706 bits per heavy atom. The highest BCUT2D eigenvalue weighted by Crippen LogP contribution is 2.11. The van der Waals surface area contributed by atoms with Gasteiger partial charge in [-0.2, -0.15) is 29.8 Å². The van der Waals surface area contributed by atoms with Crippen molar-refractivity contribution in [3.8, 4) is 0 Å². The first-order valence-electron chi connectivity index (χ1n) is 10.4. The van der Waals surface area contributed by atoms with Gasteiger partial charge in [-0.15, -0.1) is 0 Å². The highest BCUT2D eigenvalue weighted by atomic mass is 35.5. The predicted octanol–water partition coefficient (Wildman–Crippen LogP) is 5.83. The third-order valence-corrected chi connectivity index (χ3v) is 5.90. The third kappa shape index (κ3) is 6.35. The molecule has 0 saturated heterocycles. The van der Waals surface area contributed by atoms with Crippen LogP contribution in [0.4, 0.5) is 0 Å². The van der Waals surface area contributed by atoms with Gasteiger partial charge in [0, 0.05) is 22.9 Å². The molecule has 4 rings (SSSR count). The number of nitrogens with one attached hydrogen (secondary N) is 2. The maximum Gasteiger partial charge on any atom is 0.216 e. The lowest BCUT2D eigenvalue weighted by Crippen LogP contribution is -2.02. The van der Waals surface area contributed by atoms with Gasteiger partial charge in [0.1, 0.15) is 0 Å². The van der Waals surface area contributed by atoms with Crippen LogP contribution >= 0.6 is 47.6 Å². The number of nitrogens with zero attached hydrogens (tertiary/aromatic N) is 6. The molecule has 34 heavy (non-hydrogen) atoms. The number of rotatable bonds is 9. The standard InChI is InChI=1S/C22H20Cl2N8S2/c23-17-9-5-15(6-10-17)13-25-31-19(27-29-21(31)33)3-1-2-4-20-28-30-22(34)32(20)26-14-16-7-11-18(24)12-8-16/h5-14H,1-4H2,(H,29,33)(H,30,34). The van der Waals surface area contributed by atoms with Crippen LogP contribution in [0.2, 0.25) is 10.0 Å². The first-order valence-corrected chi connectivity index (χ1v) is 12.0. The lowest BCUT2D eigenvalue weighted by atomic mass is 10.2. The van der Waals surface area contributed by atoms with Gasteiger partial charge in [0.05, 0.1) is 12.4 Å². The van der Waals surface area contributed by atoms with E-state index in [0.29, 0.717) is 32.4 Å². The molecule has 0 aliphatic heterocycles. The van der Waals surface area contributed by atoms with Crippen molar-refractivity contribution in [2.75, 3.05) is 0 Å². The van der Waals surface area contributed by atoms with Crippen LogP contribution in [-0.2, 0) is 12.8 Å². The van der Waals surface area contributed by atoms with E-state index in [9.17, 15) is 0 Å². The van der Waals surface area contributed by atoms with Gasteiger partial charge in [0.25, 0.3) is 0 Å². The predicted molar refractivity (Wildman–Crippen MR) is 140 cm³/mol. The zero-order valence-corrected chi connectivity index (χ0v) is 21.0. The van der Waals surface area contributed by atoms with Crippen molar-refractivity contribution in [3.05, 3.63) is 90.9 Å². The Kier molecular flexibility index (Phi) is 8.17. The van der Waals surface area contributed by atoms with Gasteiger partial charge in [-0.3, -0.25) is 10.2 Å². The molecule has 0 amide bonds. The first kappa shape index (κ1) is 24.2. The number of aromatic amines is 2. The fourth-order valence-electron chi connectivity index (χ4n) is 3.12. The first-order chi connectivity index (χ1) is 16.5. The zero-order valence-electron chi connectivity index (χ0n) is 17.9. The van der Waals surface area contributed by atoms with E-state index < -0.39 is 0 Å². The topological polar surface area (TPSA) is 91.9 Å². The second-order valence-corrected chi connectivity index (χ2v) is 8.96. The van der Waals surface area contributed by atoms with Gasteiger partial charge in [-0.05, 0) is 72.7 Å². The minimum absolute atomic E-state index is 0.442. The van der Waals surface area contributed by atoms with Crippen LogP contribution in [0.15, 0.2) is 58.7 Å². The van der Waals surface area contributed by atoms with Crippen molar-refractivity contribution in [1.82, 2.24) is 29.7 Å². The number of benzene rings is 2. The summed E-state index contributed by atoms with van der Waals surface area (Å²) in [6.45, 7) is 0. The fourth-order valence-corrected chi connectivity index (χ4v) is 3.77. The molecule has 8 nitrogen and oxygen atoms in total. The van der Waals surface area contributed by atoms with E-state index in [1.165, 1.54) is 0 Å². The molecule has 4 aromatic rings. The average Bonchev–Trinajstić information content (AvgIpc) is 3.37. The quantitative estimate of drug-likeness (QED) is 0.162. The second kappa shape index (κ2) is 11.5. The lowest BCUT2D eigenvalue weighted by molar-refractivity contribution is 0.643. The van der Waals surface area contributed by atoms with Gasteiger partial charge in [-0.1, -0.05) is 47.5 Å². The molecular formula is C22H20Cl2N8S2. The van der Waals surface area contributed by atoms with Crippen LogP contribution in [0.3, 0.4) is 0 Å². The summed E-state index contributed by atoms with van der Waals surface area (Å²) in [7, 11) is 0. The van der Waals surface area contributed by atoms with Crippen LogP contribution < -0.4 is 0 Å². The second-order valence-electron chi connectivity index (χ2n) is 7.31. The summed E-state index contributed by atoms with van der Waals surface area (Å²) in [6.07, 6.45) is 6.56. The number of unbranched alkanes of at least 4 members (excludes halogenated alkanes) is 1. The van der Waals surface area contributed by atoms with E-state index in [4.69, 9.17) is 47.6 Å². The number of H-pyrrole nitrogens is 2. The van der Waals surface area contributed by atoms with E-state index >= 15 is 0 Å². The normalized spacial score (nSPS) is 11.7. The SMILES string of the molecule is S=c1[nH]nc(CCCCc2n[nH]c(=S)n2N=Cc2ccc(Cl)cc2)n1N=Cc1ccc(Cl)cc1. The molecule has 0 fully saturated rings. The zero-order chi connectivity index (χ0) is 23.9. The van der Waals surface area contributed by atoms with E-state index in [1.807, 2.05) is 48.5 Å². The summed E-state index contributed by atoms with van der Waals surface area (Å²) in [5, 5.41) is 24.5. The van der Waals surface area contributed by atoms with Crippen molar-refractivity contribution in [3.63, 3.8) is 0 Å². The number of hydrogen-bond acceptors (Lipinski definition) is 6. The van der Waals surface area contributed by atoms with Gasteiger partial charge < -0.3 is 0 Å². The van der Waals surface area contributed by atoms with Crippen LogP contribution in [-0.4, -0.2) is 42.2 Å². The molecule has 0 saturated carbocycles. The third-order valence-electron chi connectivity index (χ3n) is 4.87. The Morgan fingerprint density at radius 3 is 1.47 bits per heavy atom. The van der Waals surface area contributed by atoms with E-state index in [0.717, 1.165) is 35.6 Å². The summed E-state index contributed by atoms with van der Waals surface area (Å²) < 4.78 is 4.16. The lowest BCUT2D eigenvalue weighted by Gasteiger charge is -2.03. The Bertz CT molecular complexity index is 1300. The fraction of sp³-hybridized carbons (Fsp3) is 0.182. The average molecular weight is 531 g/mol. The summed E-state index contributed by atoms with van der Waals surface area (Å²) in [5.41, 5.74) is 1.83. The van der Waals surface area contributed by atoms with Gasteiger partial charge in [-0.25, -0.2) is 0 Å².